The van der Waals surface area contributed by atoms with E-state index in [0.717, 1.165) is 35.7 Å². The molecule has 1 fully saturated rings. The number of benzene rings is 2. The van der Waals surface area contributed by atoms with Crippen LogP contribution in [0.15, 0.2) is 54.9 Å². The summed E-state index contributed by atoms with van der Waals surface area (Å²) in [6, 6.07) is 6.84. The van der Waals surface area contributed by atoms with E-state index in [0.29, 0.717) is 21.8 Å². The highest BCUT2D eigenvalue weighted by Gasteiger charge is 2.56. The van der Waals surface area contributed by atoms with Gasteiger partial charge in [0.1, 0.15) is 30.5 Å². The molecule has 0 unspecified atom stereocenters. The summed E-state index contributed by atoms with van der Waals surface area (Å²) in [5.41, 5.74) is 1.63. The minimum atomic E-state index is -4.78. The lowest BCUT2D eigenvalue weighted by molar-refractivity contribution is -0.187. The van der Waals surface area contributed by atoms with E-state index in [-0.39, 0.29) is 24.4 Å². The molecule has 1 aromatic heterocycles. The number of carbonyl (C=O) groups is 4. The van der Waals surface area contributed by atoms with Gasteiger partial charge in [-0.1, -0.05) is 30.3 Å². The first-order valence-electron chi connectivity index (χ1n) is 13.4. The highest BCUT2D eigenvalue weighted by atomic mass is 19.4. The third-order valence-electron chi connectivity index (χ3n) is 7.88. The van der Waals surface area contributed by atoms with Crippen LogP contribution in [0.5, 0.6) is 0 Å². The van der Waals surface area contributed by atoms with Gasteiger partial charge in [0.2, 0.25) is 11.8 Å². The number of hydrogen-bond acceptors (Lipinski definition) is 5. The third kappa shape index (κ3) is 5.68. The monoisotopic (exact) mass is 600 g/mol. The van der Waals surface area contributed by atoms with Crippen molar-refractivity contribution in [2.75, 3.05) is 13.6 Å². The summed E-state index contributed by atoms with van der Waals surface area (Å²) < 4.78 is 55.9. The second-order valence-electron chi connectivity index (χ2n) is 10.6. The summed E-state index contributed by atoms with van der Waals surface area (Å²) >= 11 is 0. The lowest BCUT2D eigenvalue weighted by Crippen LogP contribution is -2.51. The zero-order valence-corrected chi connectivity index (χ0v) is 23.2. The molecule has 2 aromatic carbocycles. The molecule has 14 heteroatoms. The van der Waals surface area contributed by atoms with E-state index in [4.69, 9.17) is 0 Å². The van der Waals surface area contributed by atoms with Gasteiger partial charge < -0.3 is 15.5 Å². The molecule has 10 nitrogen and oxygen atoms in total. The lowest BCUT2D eigenvalue weighted by Gasteiger charge is -2.32. The Hall–Kier alpha value is -4.75. The van der Waals surface area contributed by atoms with Crippen LogP contribution in [0, 0.1) is 5.82 Å². The summed E-state index contributed by atoms with van der Waals surface area (Å²) in [4.78, 5) is 52.7. The van der Waals surface area contributed by atoms with E-state index < -0.39 is 54.5 Å². The number of alkyl halides is 3. The number of aromatic nitrogens is 2. The number of nitrogens with zero attached hydrogens (tertiary/aromatic N) is 4. The Balaban J connectivity index is 1.36. The number of hydrogen-bond donors (Lipinski definition) is 2. The van der Waals surface area contributed by atoms with Crippen molar-refractivity contribution >= 4 is 23.8 Å². The Kier molecular flexibility index (Phi) is 7.71. The Morgan fingerprint density at radius 3 is 2.51 bits per heavy atom. The fourth-order valence-electron chi connectivity index (χ4n) is 5.43. The molecule has 1 saturated heterocycles. The second kappa shape index (κ2) is 11.2. The summed E-state index contributed by atoms with van der Waals surface area (Å²) in [6.45, 7) is -0.545. The van der Waals surface area contributed by atoms with Crippen LogP contribution in [0.3, 0.4) is 0 Å². The van der Waals surface area contributed by atoms with Crippen LogP contribution in [-0.4, -0.2) is 69.1 Å². The van der Waals surface area contributed by atoms with Crippen molar-refractivity contribution in [3.8, 4) is 11.1 Å². The van der Waals surface area contributed by atoms with Crippen LogP contribution < -0.4 is 10.6 Å². The predicted octanol–water partition coefficient (Wildman–Crippen LogP) is 3.11. The summed E-state index contributed by atoms with van der Waals surface area (Å²) in [5.74, 6) is -2.61. The largest absolute Gasteiger partial charge is 0.408 e. The lowest BCUT2D eigenvalue weighted by atomic mass is 9.90. The molecule has 226 valence electrons. The number of aryl methyl sites for hydroxylation is 1. The van der Waals surface area contributed by atoms with Gasteiger partial charge in [-0.3, -0.25) is 24.0 Å². The molecule has 43 heavy (non-hydrogen) atoms. The molecule has 0 saturated carbocycles. The molecule has 2 aliphatic rings. The van der Waals surface area contributed by atoms with Gasteiger partial charge in [-0.05, 0) is 54.2 Å². The average Bonchev–Trinajstić information content (AvgIpc) is 3.64. The third-order valence-corrected chi connectivity index (χ3v) is 7.88. The zero-order chi connectivity index (χ0) is 31.1. The maximum absolute atomic E-state index is 13.7. The summed E-state index contributed by atoms with van der Waals surface area (Å²) in [6.07, 6.45) is -0.850. The Morgan fingerprint density at radius 2 is 1.84 bits per heavy atom. The fraction of sp³-hybridized carbons (Fsp3) is 0.345. The Morgan fingerprint density at radius 1 is 1.12 bits per heavy atom. The summed E-state index contributed by atoms with van der Waals surface area (Å²) in [5, 5.41) is 9.39. The van der Waals surface area contributed by atoms with E-state index in [1.165, 1.54) is 23.9 Å². The topological polar surface area (TPSA) is 117 Å². The fourth-order valence-corrected chi connectivity index (χ4v) is 5.43. The summed E-state index contributed by atoms with van der Waals surface area (Å²) in [7, 11) is 1.52. The van der Waals surface area contributed by atoms with E-state index in [1.807, 2.05) is 6.07 Å². The molecule has 2 N–H and O–H groups in total. The van der Waals surface area contributed by atoms with Gasteiger partial charge in [0.25, 0.3) is 5.91 Å². The van der Waals surface area contributed by atoms with Crippen molar-refractivity contribution in [3.05, 3.63) is 77.4 Å². The zero-order valence-electron chi connectivity index (χ0n) is 23.2. The van der Waals surface area contributed by atoms with Gasteiger partial charge >= 0.3 is 12.2 Å². The van der Waals surface area contributed by atoms with Gasteiger partial charge in [0.15, 0.2) is 0 Å². The van der Waals surface area contributed by atoms with Gasteiger partial charge in [-0.15, -0.1) is 0 Å². The Labute approximate surface area is 243 Å². The van der Waals surface area contributed by atoms with Crippen LogP contribution in [0.25, 0.3) is 11.1 Å². The van der Waals surface area contributed by atoms with Crippen LogP contribution in [0.1, 0.15) is 30.0 Å². The molecule has 2 heterocycles. The smallest absolute Gasteiger partial charge is 0.358 e. The maximum Gasteiger partial charge on any atom is 0.408 e. The quantitative estimate of drug-likeness (QED) is 0.305. The first-order chi connectivity index (χ1) is 20.3. The standard InChI is InChI=1S/C29H28F4N6O4/c1-17(29(31,32)33)38(13-18-3-6-22(30)7-4-18)25(41)16-39-26(42)28(36-27(39)43)10-9-20-11-19(5-8-23(20)28)21-12-35-37(14-21)15-24(40)34-2/h3-8,11-12,14,17H,9-10,13,15-16H2,1-2H3,(H,34,40)(H,36,43)/t17-,28-/m0/s1. The average molecular weight is 601 g/mol. The number of fused-ring (bicyclic) bond motifs is 2. The molecular formula is C29H28F4N6O4. The Bertz CT molecular complexity index is 1590. The molecular weight excluding hydrogens is 572 g/mol. The highest BCUT2D eigenvalue weighted by molar-refractivity contribution is 6.10. The normalized spacial score (nSPS) is 18.5. The van der Waals surface area contributed by atoms with Crippen molar-refractivity contribution in [1.29, 1.82) is 0 Å². The van der Waals surface area contributed by atoms with Gasteiger partial charge in [-0.25, -0.2) is 9.18 Å². The number of nitrogens with one attached hydrogen (secondary N) is 2. The van der Waals surface area contributed by atoms with E-state index in [2.05, 4.69) is 15.7 Å². The first kappa shape index (κ1) is 29.7. The second-order valence-corrected chi connectivity index (χ2v) is 10.6. The molecule has 2 atom stereocenters. The number of carbonyl (C=O) groups excluding carboxylic acids is 4. The molecule has 1 spiro atoms. The van der Waals surface area contributed by atoms with Crippen molar-refractivity contribution in [3.63, 3.8) is 0 Å². The maximum atomic E-state index is 13.7. The van der Waals surface area contributed by atoms with Crippen LogP contribution >= 0.6 is 0 Å². The predicted molar refractivity (Wildman–Crippen MR) is 144 cm³/mol. The van der Waals surface area contributed by atoms with E-state index in [9.17, 15) is 36.7 Å². The molecule has 1 aliphatic carbocycles. The van der Waals surface area contributed by atoms with E-state index >= 15 is 0 Å². The van der Waals surface area contributed by atoms with Crippen molar-refractivity contribution < 1.29 is 36.7 Å². The van der Waals surface area contributed by atoms with Crippen molar-refractivity contribution in [2.45, 2.75) is 50.6 Å². The molecule has 0 bridgehead atoms. The number of amides is 5. The molecule has 1 aliphatic heterocycles. The number of halogens is 4. The first-order valence-corrected chi connectivity index (χ1v) is 13.4. The number of rotatable bonds is 8. The number of imide groups is 1. The molecule has 5 rings (SSSR count). The van der Waals surface area contributed by atoms with Gasteiger partial charge in [0, 0.05) is 25.4 Å². The number of urea groups is 1. The van der Waals surface area contributed by atoms with Crippen LogP contribution in [-0.2, 0) is 39.4 Å². The molecule has 0 radical (unpaired) electrons. The molecule has 3 aromatic rings. The van der Waals surface area contributed by atoms with Gasteiger partial charge in [-0.2, -0.15) is 18.3 Å². The highest BCUT2D eigenvalue weighted by Crippen LogP contribution is 2.43. The van der Waals surface area contributed by atoms with Crippen LogP contribution in [0.2, 0.25) is 0 Å². The van der Waals surface area contributed by atoms with Crippen molar-refractivity contribution in [2.24, 2.45) is 0 Å². The minimum Gasteiger partial charge on any atom is -0.358 e. The molecule has 5 amide bonds. The van der Waals surface area contributed by atoms with Crippen LogP contribution in [0.4, 0.5) is 22.4 Å². The minimum absolute atomic E-state index is 0.0444. The van der Waals surface area contributed by atoms with E-state index in [1.54, 1.807) is 24.5 Å². The number of likely N-dealkylation sites (N-methyl/N-ethyl adjacent to an activating group) is 1. The van der Waals surface area contributed by atoms with Crippen molar-refractivity contribution in [1.82, 2.24) is 30.2 Å². The SMILES string of the molecule is CNC(=O)Cn1cc(-c2ccc3c(c2)CC[C@]32NC(=O)N(CC(=O)N(Cc3ccc(F)cc3)[C@@H](C)C(F)(F)F)C2=O)cn1. The van der Waals surface area contributed by atoms with Gasteiger partial charge in [0.05, 0.1) is 6.20 Å².